The van der Waals surface area contributed by atoms with Crippen molar-refractivity contribution in [2.24, 2.45) is 0 Å². The molecule has 156 valence electrons. The fraction of sp³-hybridized carbons (Fsp3) is 0.300. The molecular formula is C20H21F3N2O4. The van der Waals surface area contributed by atoms with Crippen molar-refractivity contribution in [2.45, 2.75) is 33.1 Å². The Morgan fingerprint density at radius 2 is 1.66 bits per heavy atom. The van der Waals surface area contributed by atoms with E-state index in [-0.39, 0.29) is 0 Å². The van der Waals surface area contributed by atoms with E-state index in [2.05, 4.69) is 10.9 Å². The Hall–Kier alpha value is -3.23. The van der Waals surface area contributed by atoms with Crippen LogP contribution in [-0.4, -0.2) is 24.5 Å². The number of hydrazine groups is 1. The molecule has 0 spiro atoms. The third-order valence-electron chi connectivity index (χ3n) is 4.10. The molecule has 2 aromatic rings. The summed E-state index contributed by atoms with van der Waals surface area (Å²) in [5.41, 5.74) is 5.12. The van der Waals surface area contributed by atoms with Crippen LogP contribution in [-0.2, 0) is 15.8 Å². The molecule has 6 nitrogen and oxygen atoms in total. The van der Waals surface area contributed by atoms with E-state index in [9.17, 15) is 22.8 Å². The lowest BCUT2D eigenvalue weighted by Crippen LogP contribution is -2.48. The van der Waals surface area contributed by atoms with Gasteiger partial charge in [0.15, 0.2) is 12.7 Å². The van der Waals surface area contributed by atoms with Crippen molar-refractivity contribution in [3.63, 3.8) is 0 Å². The first-order chi connectivity index (χ1) is 13.6. The van der Waals surface area contributed by atoms with E-state index >= 15 is 0 Å². The summed E-state index contributed by atoms with van der Waals surface area (Å²) in [5, 5.41) is 0. The zero-order valence-electron chi connectivity index (χ0n) is 16.1. The van der Waals surface area contributed by atoms with E-state index in [1.54, 1.807) is 12.1 Å². The molecule has 0 heterocycles. The first kappa shape index (κ1) is 22.1. The van der Waals surface area contributed by atoms with Crippen molar-refractivity contribution in [2.75, 3.05) is 6.61 Å². The number of aryl methyl sites for hydroxylation is 1. The van der Waals surface area contributed by atoms with E-state index in [1.807, 2.05) is 19.9 Å². The highest BCUT2D eigenvalue weighted by molar-refractivity contribution is 5.85. The Kier molecular flexibility index (Phi) is 7.08. The van der Waals surface area contributed by atoms with Gasteiger partial charge in [-0.05, 0) is 50.1 Å². The maximum atomic E-state index is 12.9. The van der Waals surface area contributed by atoms with Crippen molar-refractivity contribution >= 4 is 11.8 Å². The molecular weight excluding hydrogens is 389 g/mol. The van der Waals surface area contributed by atoms with Gasteiger partial charge in [0, 0.05) is 0 Å². The minimum atomic E-state index is -4.61. The summed E-state index contributed by atoms with van der Waals surface area (Å²) in [7, 11) is 0. The average Bonchev–Trinajstić information content (AvgIpc) is 2.67. The van der Waals surface area contributed by atoms with E-state index < -0.39 is 42.0 Å². The number of rotatable bonds is 6. The van der Waals surface area contributed by atoms with Crippen molar-refractivity contribution in [3.8, 4) is 11.5 Å². The second-order valence-corrected chi connectivity index (χ2v) is 6.28. The average molecular weight is 410 g/mol. The topological polar surface area (TPSA) is 76.7 Å². The molecule has 2 amide bonds. The smallest absolute Gasteiger partial charge is 0.419 e. The Morgan fingerprint density at radius 1 is 1.00 bits per heavy atom. The first-order valence-corrected chi connectivity index (χ1v) is 8.70. The molecule has 0 radical (unpaired) electrons. The molecule has 0 aliphatic carbocycles. The molecule has 2 aromatic carbocycles. The first-order valence-electron chi connectivity index (χ1n) is 8.70. The number of carbonyl (C=O) groups excluding carboxylic acids is 2. The third kappa shape index (κ3) is 6.13. The van der Waals surface area contributed by atoms with Gasteiger partial charge in [-0.1, -0.05) is 24.3 Å². The summed E-state index contributed by atoms with van der Waals surface area (Å²) in [5.74, 6) is -1.40. The third-order valence-corrected chi connectivity index (χ3v) is 4.10. The predicted molar refractivity (Wildman–Crippen MR) is 99.2 cm³/mol. The second kappa shape index (κ2) is 9.31. The number of para-hydroxylation sites is 1. The SMILES string of the molecule is Cc1cccc(OC(C)C(=O)NNC(=O)COc2ccccc2C(F)(F)F)c1C. The number of halogens is 3. The fourth-order valence-corrected chi connectivity index (χ4v) is 2.33. The van der Waals surface area contributed by atoms with Gasteiger partial charge in [0.05, 0.1) is 5.56 Å². The molecule has 1 unspecified atom stereocenters. The molecule has 2 rings (SSSR count). The summed E-state index contributed by atoms with van der Waals surface area (Å²) in [6.07, 6.45) is -5.52. The number of ether oxygens (including phenoxy) is 2. The van der Waals surface area contributed by atoms with Gasteiger partial charge in [0.2, 0.25) is 0 Å². The van der Waals surface area contributed by atoms with Gasteiger partial charge in [-0.15, -0.1) is 0 Å². The van der Waals surface area contributed by atoms with Gasteiger partial charge in [-0.25, -0.2) is 0 Å². The van der Waals surface area contributed by atoms with Crippen LogP contribution in [0.2, 0.25) is 0 Å². The molecule has 0 aromatic heterocycles. The molecule has 2 N–H and O–H groups in total. The maximum Gasteiger partial charge on any atom is 0.419 e. The lowest BCUT2D eigenvalue weighted by Gasteiger charge is -2.17. The number of nitrogens with one attached hydrogen (secondary N) is 2. The number of alkyl halides is 3. The van der Waals surface area contributed by atoms with Crippen LogP contribution in [0.3, 0.4) is 0 Å². The van der Waals surface area contributed by atoms with Gasteiger partial charge in [0.25, 0.3) is 11.8 Å². The Bertz CT molecular complexity index is 884. The minimum Gasteiger partial charge on any atom is -0.483 e. The Balaban J connectivity index is 1.85. The van der Waals surface area contributed by atoms with Crippen LogP contribution in [0.5, 0.6) is 11.5 Å². The lowest BCUT2D eigenvalue weighted by molar-refractivity contribution is -0.140. The van der Waals surface area contributed by atoms with Crippen molar-refractivity contribution in [1.29, 1.82) is 0 Å². The Morgan fingerprint density at radius 3 is 2.34 bits per heavy atom. The van der Waals surface area contributed by atoms with Crippen LogP contribution >= 0.6 is 0 Å². The van der Waals surface area contributed by atoms with Crippen molar-refractivity contribution in [3.05, 3.63) is 59.2 Å². The lowest BCUT2D eigenvalue weighted by atomic mass is 10.1. The summed E-state index contributed by atoms with van der Waals surface area (Å²) >= 11 is 0. The number of hydrogen-bond acceptors (Lipinski definition) is 4. The van der Waals surface area contributed by atoms with Gasteiger partial charge in [-0.2, -0.15) is 13.2 Å². The van der Waals surface area contributed by atoms with E-state index in [4.69, 9.17) is 9.47 Å². The predicted octanol–water partition coefficient (Wildman–Crippen LogP) is 3.32. The van der Waals surface area contributed by atoms with Crippen LogP contribution in [0.4, 0.5) is 13.2 Å². The summed E-state index contributed by atoms with van der Waals surface area (Å²) in [6.45, 7) is 4.55. The quantitative estimate of drug-likeness (QED) is 0.717. The standard InChI is InChI=1S/C20H21F3N2O4/c1-12-7-6-10-16(13(12)2)29-14(3)19(27)25-24-18(26)11-28-17-9-5-4-8-15(17)20(21,22)23/h4-10,14H,11H2,1-3H3,(H,24,26)(H,25,27). The minimum absolute atomic E-state index is 0.479. The highest BCUT2D eigenvalue weighted by atomic mass is 19.4. The van der Waals surface area contributed by atoms with Crippen LogP contribution in [0.1, 0.15) is 23.6 Å². The van der Waals surface area contributed by atoms with E-state index in [0.717, 1.165) is 23.3 Å². The molecule has 0 saturated heterocycles. The molecule has 0 bridgehead atoms. The van der Waals surface area contributed by atoms with Crippen LogP contribution in [0, 0.1) is 13.8 Å². The number of carbonyl (C=O) groups is 2. The molecule has 0 fully saturated rings. The van der Waals surface area contributed by atoms with Crippen LogP contribution in [0.25, 0.3) is 0 Å². The Labute approximate surface area is 166 Å². The molecule has 29 heavy (non-hydrogen) atoms. The van der Waals surface area contributed by atoms with Gasteiger partial charge >= 0.3 is 6.18 Å². The van der Waals surface area contributed by atoms with Crippen molar-refractivity contribution < 1.29 is 32.2 Å². The monoisotopic (exact) mass is 410 g/mol. The fourth-order valence-electron chi connectivity index (χ4n) is 2.33. The number of amides is 2. The summed E-state index contributed by atoms with van der Waals surface area (Å²) < 4.78 is 49.2. The number of hydrogen-bond donors (Lipinski definition) is 2. The van der Waals surface area contributed by atoms with Gasteiger partial charge in [-0.3, -0.25) is 20.4 Å². The largest absolute Gasteiger partial charge is 0.483 e. The number of benzene rings is 2. The molecule has 9 heteroatoms. The van der Waals surface area contributed by atoms with Crippen LogP contribution in [0.15, 0.2) is 42.5 Å². The van der Waals surface area contributed by atoms with Gasteiger partial charge in [0.1, 0.15) is 11.5 Å². The zero-order valence-corrected chi connectivity index (χ0v) is 16.1. The molecule has 0 aliphatic heterocycles. The highest BCUT2D eigenvalue weighted by Gasteiger charge is 2.34. The van der Waals surface area contributed by atoms with Crippen molar-refractivity contribution in [1.82, 2.24) is 10.9 Å². The zero-order chi connectivity index (χ0) is 21.6. The maximum absolute atomic E-state index is 12.9. The molecule has 1 atom stereocenters. The van der Waals surface area contributed by atoms with Gasteiger partial charge < -0.3 is 9.47 Å². The summed E-state index contributed by atoms with van der Waals surface area (Å²) in [6, 6.07) is 9.95. The molecule has 0 aliphatic rings. The molecule has 0 saturated carbocycles. The highest BCUT2D eigenvalue weighted by Crippen LogP contribution is 2.35. The van der Waals surface area contributed by atoms with E-state index in [1.165, 1.54) is 19.1 Å². The van der Waals surface area contributed by atoms with Crippen LogP contribution < -0.4 is 20.3 Å². The summed E-state index contributed by atoms with van der Waals surface area (Å²) in [4.78, 5) is 23.9. The van der Waals surface area contributed by atoms with E-state index in [0.29, 0.717) is 5.75 Å². The second-order valence-electron chi connectivity index (χ2n) is 6.28. The normalized spacial score (nSPS) is 12.1.